The first-order valence-corrected chi connectivity index (χ1v) is 8.72. The van der Waals surface area contributed by atoms with E-state index in [1.165, 1.54) is 0 Å². The summed E-state index contributed by atoms with van der Waals surface area (Å²) in [4.78, 5) is 4.38. The monoisotopic (exact) mass is 356 g/mol. The lowest BCUT2D eigenvalue weighted by atomic mass is 10.2. The summed E-state index contributed by atoms with van der Waals surface area (Å²) in [5.41, 5.74) is 8.99. The van der Waals surface area contributed by atoms with Crippen molar-refractivity contribution in [1.82, 2.24) is 0 Å². The van der Waals surface area contributed by atoms with Crippen molar-refractivity contribution in [2.24, 2.45) is 10.7 Å². The lowest BCUT2D eigenvalue weighted by Gasteiger charge is -2.11. The van der Waals surface area contributed by atoms with Gasteiger partial charge in [0.2, 0.25) is 0 Å². The fourth-order valence-electron chi connectivity index (χ4n) is 2.28. The molecule has 2 aromatic carbocycles. The summed E-state index contributed by atoms with van der Waals surface area (Å²) in [7, 11) is 1.69. The third-order valence-corrected chi connectivity index (χ3v) is 3.52. The van der Waals surface area contributed by atoms with Crippen LogP contribution in [0.25, 0.3) is 0 Å². The number of benzene rings is 2. The molecule has 0 heterocycles. The summed E-state index contributed by atoms with van der Waals surface area (Å²) in [6.07, 6.45) is 0.155. The van der Waals surface area contributed by atoms with E-state index >= 15 is 0 Å². The predicted octanol–water partition coefficient (Wildman–Crippen LogP) is 3.46. The molecule has 0 bridgehead atoms. The van der Waals surface area contributed by atoms with Crippen LogP contribution in [0.2, 0.25) is 0 Å². The second-order valence-corrected chi connectivity index (χ2v) is 6.13. The minimum atomic E-state index is 0.155. The highest BCUT2D eigenvalue weighted by atomic mass is 16.5. The van der Waals surface area contributed by atoms with Crippen LogP contribution < -0.4 is 21.1 Å². The highest BCUT2D eigenvalue weighted by molar-refractivity contribution is 5.92. The highest BCUT2D eigenvalue weighted by Crippen LogP contribution is 2.17. The number of ether oxygens (including phenoxy) is 2. The molecule has 6 heteroatoms. The van der Waals surface area contributed by atoms with Gasteiger partial charge in [0.25, 0.3) is 0 Å². The van der Waals surface area contributed by atoms with Crippen LogP contribution in [0.15, 0.2) is 53.5 Å². The van der Waals surface area contributed by atoms with E-state index in [0.29, 0.717) is 19.1 Å². The van der Waals surface area contributed by atoms with E-state index < -0.39 is 0 Å². The fourth-order valence-corrected chi connectivity index (χ4v) is 2.28. The highest BCUT2D eigenvalue weighted by Gasteiger charge is 2.00. The molecule has 0 saturated carbocycles. The lowest BCUT2D eigenvalue weighted by Crippen LogP contribution is -2.22. The van der Waals surface area contributed by atoms with Crippen LogP contribution in [-0.4, -0.2) is 32.3 Å². The number of hydrogen-bond acceptors (Lipinski definition) is 4. The number of rotatable bonds is 9. The van der Waals surface area contributed by atoms with Crippen LogP contribution in [0.3, 0.4) is 0 Å². The molecule has 0 aliphatic rings. The van der Waals surface area contributed by atoms with Crippen molar-refractivity contribution in [3.8, 4) is 5.75 Å². The van der Waals surface area contributed by atoms with E-state index in [4.69, 9.17) is 15.2 Å². The first-order chi connectivity index (χ1) is 12.6. The number of nitrogens with zero attached hydrogens (tertiary/aromatic N) is 1. The van der Waals surface area contributed by atoms with Gasteiger partial charge in [-0.15, -0.1) is 0 Å². The summed E-state index contributed by atoms with van der Waals surface area (Å²) in [5.74, 6) is 1.21. The van der Waals surface area contributed by atoms with Gasteiger partial charge >= 0.3 is 0 Å². The molecule has 0 saturated heterocycles. The number of hydrogen-bond donors (Lipinski definition) is 3. The number of nitrogens with two attached hydrogens (primary N) is 1. The van der Waals surface area contributed by atoms with Crippen LogP contribution >= 0.6 is 0 Å². The minimum Gasteiger partial charge on any atom is -0.491 e. The largest absolute Gasteiger partial charge is 0.491 e. The maximum absolute atomic E-state index is 5.96. The Kier molecular flexibility index (Phi) is 7.76. The molecule has 0 fully saturated rings. The third kappa shape index (κ3) is 7.03. The number of guanidine groups is 1. The van der Waals surface area contributed by atoms with E-state index in [1.807, 2.05) is 62.4 Å². The molecule has 0 aliphatic heterocycles. The number of aliphatic imine (C=N–C) groups is 1. The Bertz CT molecular complexity index is 682. The maximum Gasteiger partial charge on any atom is 0.193 e. The topological polar surface area (TPSA) is 80.9 Å². The average Bonchev–Trinajstić information content (AvgIpc) is 2.62. The summed E-state index contributed by atoms with van der Waals surface area (Å²) >= 11 is 0. The summed E-state index contributed by atoms with van der Waals surface area (Å²) in [6.45, 7) is 5.98. The molecule has 6 nitrogen and oxygen atoms in total. The molecule has 0 amide bonds. The Morgan fingerprint density at radius 2 is 1.69 bits per heavy atom. The van der Waals surface area contributed by atoms with Crippen molar-refractivity contribution in [2.75, 3.05) is 30.9 Å². The minimum absolute atomic E-state index is 0.155. The number of nitrogens with one attached hydrogen (secondary N) is 2. The molecule has 0 radical (unpaired) electrons. The van der Waals surface area contributed by atoms with E-state index in [9.17, 15) is 0 Å². The van der Waals surface area contributed by atoms with Gasteiger partial charge in [0, 0.05) is 25.0 Å². The van der Waals surface area contributed by atoms with Crippen molar-refractivity contribution in [3.63, 3.8) is 0 Å². The maximum atomic E-state index is 5.96. The molecular formula is C20H28N4O2. The summed E-state index contributed by atoms with van der Waals surface area (Å²) < 4.78 is 10.6. The van der Waals surface area contributed by atoms with Gasteiger partial charge in [-0.25, -0.2) is 4.99 Å². The predicted molar refractivity (Wildman–Crippen MR) is 108 cm³/mol. The van der Waals surface area contributed by atoms with Crippen molar-refractivity contribution in [2.45, 2.75) is 26.5 Å². The molecule has 2 rings (SSSR count). The van der Waals surface area contributed by atoms with Gasteiger partial charge in [0.05, 0.1) is 19.3 Å². The average molecular weight is 356 g/mol. The molecule has 0 aliphatic carbocycles. The Morgan fingerprint density at radius 1 is 1.04 bits per heavy atom. The van der Waals surface area contributed by atoms with Crippen LogP contribution in [0.5, 0.6) is 5.75 Å². The van der Waals surface area contributed by atoms with E-state index in [2.05, 4.69) is 15.6 Å². The fraction of sp³-hybridized carbons (Fsp3) is 0.350. The lowest BCUT2D eigenvalue weighted by molar-refractivity contribution is 0.211. The molecular weight excluding hydrogens is 328 g/mol. The van der Waals surface area contributed by atoms with Gasteiger partial charge < -0.3 is 25.8 Å². The van der Waals surface area contributed by atoms with Crippen molar-refractivity contribution < 1.29 is 9.47 Å². The smallest absolute Gasteiger partial charge is 0.193 e. The van der Waals surface area contributed by atoms with E-state index in [1.54, 1.807) is 7.11 Å². The molecule has 4 N–H and O–H groups in total. The van der Waals surface area contributed by atoms with Crippen LogP contribution in [-0.2, 0) is 11.3 Å². The standard InChI is InChI=1S/C20H28N4O2/c1-15(2)26-19-10-8-18(9-11-19)24-20(21)23-14-16-4-6-17(7-5-16)22-12-13-25-3/h4-11,15,22H,12-14H2,1-3H3,(H3,21,23,24). The van der Waals surface area contributed by atoms with Gasteiger partial charge in [-0.1, -0.05) is 12.1 Å². The van der Waals surface area contributed by atoms with E-state index in [-0.39, 0.29) is 6.10 Å². The van der Waals surface area contributed by atoms with Gasteiger partial charge in [0.1, 0.15) is 5.75 Å². The summed E-state index contributed by atoms with van der Waals surface area (Å²) in [5, 5.41) is 6.36. The zero-order chi connectivity index (χ0) is 18.8. The van der Waals surface area contributed by atoms with Crippen molar-refractivity contribution >= 4 is 17.3 Å². The zero-order valence-electron chi connectivity index (χ0n) is 15.7. The Hall–Kier alpha value is -2.73. The Balaban J connectivity index is 1.83. The molecule has 0 spiro atoms. The second kappa shape index (κ2) is 10.3. The quantitative estimate of drug-likeness (QED) is 0.364. The van der Waals surface area contributed by atoms with Gasteiger partial charge in [-0.05, 0) is 55.8 Å². The van der Waals surface area contributed by atoms with Crippen LogP contribution in [0.4, 0.5) is 11.4 Å². The molecule has 140 valence electrons. The molecule has 0 unspecified atom stereocenters. The van der Waals surface area contributed by atoms with Gasteiger partial charge in [-0.2, -0.15) is 0 Å². The second-order valence-electron chi connectivity index (χ2n) is 6.13. The van der Waals surface area contributed by atoms with Crippen molar-refractivity contribution in [3.05, 3.63) is 54.1 Å². The summed E-state index contributed by atoms with van der Waals surface area (Å²) in [6, 6.07) is 15.8. The number of anilines is 2. The Labute approximate surface area is 155 Å². The van der Waals surface area contributed by atoms with Gasteiger partial charge in [0.15, 0.2) is 5.96 Å². The third-order valence-electron chi connectivity index (χ3n) is 3.52. The number of methoxy groups -OCH3 is 1. The van der Waals surface area contributed by atoms with Crippen molar-refractivity contribution in [1.29, 1.82) is 0 Å². The molecule has 0 aromatic heterocycles. The molecule has 0 atom stereocenters. The van der Waals surface area contributed by atoms with Crippen LogP contribution in [0, 0.1) is 0 Å². The van der Waals surface area contributed by atoms with E-state index in [0.717, 1.165) is 29.2 Å². The first kappa shape index (κ1) is 19.6. The molecule has 26 heavy (non-hydrogen) atoms. The Morgan fingerprint density at radius 3 is 2.31 bits per heavy atom. The SMILES string of the molecule is COCCNc1ccc(CN=C(N)Nc2ccc(OC(C)C)cc2)cc1. The first-order valence-electron chi connectivity index (χ1n) is 8.72. The van der Waals surface area contributed by atoms with Gasteiger partial charge in [-0.3, -0.25) is 0 Å². The molecule has 2 aromatic rings. The van der Waals surface area contributed by atoms with Crippen LogP contribution in [0.1, 0.15) is 19.4 Å². The normalized spacial score (nSPS) is 11.5. The zero-order valence-corrected chi connectivity index (χ0v) is 15.7.